The quantitative estimate of drug-likeness (QED) is 0.867. The van der Waals surface area contributed by atoms with Crippen molar-refractivity contribution in [3.05, 3.63) is 16.6 Å². The molecule has 2 heterocycles. The molecule has 0 aromatic carbocycles. The molecule has 4 nitrogen and oxygen atoms in total. The largest absolute Gasteiger partial charge is 0.333 e. The summed E-state index contributed by atoms with van der Waals surface area (Å²) >= 11 is 1.57. The van der Waals surface area contributed by atoms with E-state index in [1.165, 1.54) is 0 Å². The van der Waals surface area contributed by atoms with Crippen LogP contribution in [0.25, 0.3) is 0 Å². The molecule has 1 amide bonds. The Morgan fingerprint density at radius 3 is 3.00 bits per heavy atom. The summed E-state index contributed by atoms with van der Waals surface area (Å²) in [5, 5.41) is 0. The van der Waals surface area contributed by atoms with Gasteiger partial charge in [0.1, 0.15) is 0 Å². The van der Waals surface area contributed by atoms with Gasteiger partial charge in [-0.15, -0.1) is 11.3 Å². The van der Waals surface area contributed by atoms with Gasteiger partial charge in [0.25, 0.3) is 0 Å². The molecule has 2 unspecified atom stereocenters. The predicted molar refractivity (Wildman–Crippen MR) is 64.0 cm³/mol. The van der Waals surface area contributed by atoms with Crippen LogP contribution in [0.2, 0.25) is 0 Å². The summed E-state index contributed by atoms with van der Waals surface area (Å²) in [5.74, 6) is 0.629. The molecule has 5 heteroatoms. The van der Waals surface area contributed by atoms with E-state index >= 15 is 0 Å². The maximum Gasteiger partial charge on any atom is 0.224 e. The number of carbonyl (C=O) groups excluding carboxylic acids is 1. The molecule has 2 atom stereocenters. The van der Waals surface area contributed by atoms with E-state index in [1.54, 1.807) is 16.8 Å². The first-order valence-corrected chi connectivity index (χ1v) is 6.41. The van der Waals surface area contributed by atoms with Crippen LogP contribution in [-0.4, -0.2) is 28.4 Å². The predicted octanol–water partition coefficient (Wildman–Crippen LogP) is 1.40. The van der Waals surface area contributed by atoms with Gasteiger partial charge in [0.2, 0.25) is 5.91 Å². The molecular formula is C11H17N3OS. The van der Waals surface area contributed by atoms with Gasteiger partial charge in [-0.25, -0.2) is 0 Å². The van der Waals surface area contributed by atoms with E-state index in [-0.39, 0.29) is 18.0 Å². The Bertz CT molecular complexity index is 363. The average Bonchev–Trinajstić information content (AvgIpc) is 2.75. The van der Waals surface area contributed by atoms with E-state index in [9.17, 15) is 4.79 Å². The minimum absolute atomic E-state index is 0.0300. The number of aromatic nitrogens is 1. The third-order valence-electron chi connectivity index (χ3n) is 2.78. The molecule has 16 heavy (non-hydrogen) atoms. The second-order valence-electron chi connectivity index (χ2n) is 4.66. The number of carbonyl (C=O) groups is 1. The van der Waals surface area contributed by atoms with Crippen LogP contribution in [0.4, 0.5) is 0 Å². The highest BCUT2D eigenvalue weighted by molar-refractivity contribution is 7.09. The Morgan fingerprint density at radius 1 is 1.69 bits per heavy atom. The van der Waals surface area contributed by atoms with Gasteiger partial charge in [-0.3, -0.25) is 9.78 Å². The van der Waals surface area contributed by atoms with Crippen LogP contribution in [0.5, 0.6) is 0 Å². The lowest BCUT2D eigenvalue weighted by Gasteiger charge is -2.27. The monoisotopic (exact) mass is 239 g/mol. The Balaban J connectivity index is 2.23. The summed E-state index contributed by atoms with van der Waals surface area (Å²) in [4.78, 5) is 18.9. The number of hydrogen-bond donors (Lipinski definition) is 1. The van der Waals surface area contributed by atoms with Crippen LogP contribution in [0.1, 0.15) is 31.2 Å². The normalized spacial score (nSPS) is 25.8. The third kappa shape index (κ3) is 2.10. The zero-order valence-electron chi connectivity index (χ0n) is 9.59. The maximum absolute atomic E-state index is 11.9. The summed E-state index contributed by atoms with van der Waals surface area (Å²) < 4.78 is 0. The van der Waals surface area contributed by atoms with Gasteiger partial charge >= 0.3 is 0 Å². The van der Waals surface area contributed by atoms with Crippen molar-refractivity contribution in [1.29, 1.82) is 0 Å². The molecule has 0 radical (unpaired) electrons. The van der Waals surface area contributed by atoms with Crippen LogP contribution in [-0.2, 0) is 4.79 Å². The summed E-state index contributed by atoms with van der Waals surface area (Å²) in [7, 11) is 0. The fourth-order valence-corrected chi connectivity index (χ4v) is 2.97. The molecule has 0 spiro atoms. The smallest absolute Gasteiger partial charge is 0.224 e. The molecule has 88 valence electrons. The first-order chi connectivity index (χ1) is 7.59. The number of likely N-dealkylation sites (tertiary alicyclic amines) is 1. The van der Waals surface area contributed by atoms with Crippen molar-refractivity contribution in [2.24, 2.45) is 11.7 Å². The molecular weight excluding hydrogens is 222 g/mol. The van der Waals surface area contributed by atoms with E-state index in [2.05, 4.69) is 18.8 Å². The Hall–Kier alpha value is -0.940. The minimum atomic E-state index is -0.0910. The highest BCUT2D eigenvalue weighted by Crippen LogP contribution is 2.34. The van der Waals surface area contributed by atoms with E-state index in [4.69, 9.17) is 5.73 Å². The van der Waals surface area contributed by atoms with Crippen LogP contribution in [0.3, 0.4) is 0 Å². The fourth-order valence-electron chi connectivity index (χ4n) is 2.16. The maximum atomic E-state index is 11.9. The molecule has 0 aliphatic carbocycles. The van der Waals surface area contributed by atoms with Crippen LogP contribution in [0, 0.1) is 5.92 Å². The van der Waals surface area contributed by atoms with Gasteiger partial charge < -0.3 is 10.6 Å². The third-order valence-corrected chi connectivity index (χ3v) is 3.62. The number of hydrogen-bond acceptors (Lipinski definition) is 4. The van der Waals surface area contributed by atoms with Crippen molar-refractivity contribution in [3.63, 3.8) is 0 Å². The van der Waals surface area contributed by atoms with E-state index in [0.29, 0.717) is 12.3 Å². The van der Waals surface area contributed by atoms with E-state index in [1.807, 2.05) is 11.1 Å². The number of amides is 1. The van der Waals surface area contributed by atoms with Gasteiger partial charge in [0.15, 0.2) is 0 Å². The molecule has 1 aliphatic heterocycles. The average molecular weight is 239 g/mol. The SMILES string of the molecule is CC(C)CN1C(=O)CC(N)C1c1cncs1. The van der Waals surface area contributed by atoms with Crippen molar-refractivity contribution < 1.29 is 4.79 Å². The molecule has 1 saturated heterocycles. The molecule has 1 aliphatic rings. The van der Waals surface area contributed by atoms with Gasteiger partial charge in [-0.1, -0.05) is 13.8 Å². The first-order valence-electron chi connectivity index (χ1n) is 5.53. The molecule has 1 fully saturated rings. The minimum Gasteiger partial charge on any atom is -0.333 e. The van der Waals surface area contributed by atoms with Crippen molar-refractivity contribution in [1.82, 2.24) is 9.88 Å². The summed E-state index contributed by atoms with van der Waals surface area (Å²) in [6.45, 7) is 5.00. The summed E-state index contributed by atoms with van der Waals surface area (Å²) in [6.07, 6.45) is 2.27. The first kappa shape index (κ1) is 11.5. The van der Waals surface area contributed by atoms with Crippen molar-refractivity contribution in [2.45, 2.75) is 32.4 Å². The van der Waals surface area contributed by atoms with E-state index < -0.39 is 0 Å². The lowest BCUT2D eigenvalue weighted by molar-refractivity contribution is -0.129. The summed E-state index contributed by atoms with van der Waals surface area (Å²) in [6, 6.07) is -0.0610. The Labute approximate surface area is 99.5 Å². The molecule has 2 N–H and O–H groups in total. The van der Waals surface area contributed by atoms with Crippen LogP contribution >= 0.6 is 11.3 Å². The van der Waals surface area contributed by atoms with Crippen LogP contribution in [0.15, 0.2) is 11.7 Å². The zero-order chi connectivity index (χ0) is 11.7. The topological polar surface area (TPSA) is 59.2 Å². The van der Waals surface area contributed by atoms with Gasteiger partial charge in [-0.05, 0) is 5.92 Å². The lowest BCUT2D eigenvalue weighted by Crippen LogP contribution is -2.34. The second kappa shape index (κ2) is 4.51. The molecule has 1 aromatic rings. The number of nitrogens with two attached hydrogens (primary N) is 1. The van der Waals surface area contributed by atoms with Gasteiger partial charge in [0, 0.05) is 30.1 Å². The Kier molecular flexibility index (Phi) is 3.25. The van der Waals surface area contributed by atoms with Crippen molar-refractivity contribution >= 4 is 17.2 Å². The molecule has 0 bridgehead atoms. The number of rotatable bonds is 3. The highest BCUT2D eigenvalue weighted by Gasteiger charge is 2.39. The Morgan fingerprint density at radius 2 is 2.44 bits per heavy atom. The number of nitrogens with zero attached hydrogens (tertiary/aromatic N) is 2. The standard InChI is InChI=1S/C11H17N3OS/c1-7(2)5-14-10(15)3-8(12)11(14)9-4-13-6-16-9/h4,6-8,11H,3,5,12H2,1-2H3. The van der Waals surface area contributed by atoms with E-state index in [0.717, 1.165) is 11.4 Å². The van der Waals surface area contributed by atoms with Gasteiger partial charge in [-0.2, -0.15) is 0 Å². The molecule has 1 aromatic heterocycles. The highest BCUT2D eigenvalue weighted by atomic mass is 32.1. The van der Waals surface area contributed by atoms with Crippen molar-refractivity contribution in [3.8, 4) is 0 Å². The fraction of sp³-hybridized carbons (Fsp3) is 0.636. The van der Waals surface area contributed by atoms with Crippen molar-refractivity contribution in [2.75, 3.05) is 6.54 Å². The number of thiazole rings is 1. The second-order valence-corrected chi connectivity index (χ2v) is 5.57. The van der Waals surface area contributed by atoms with Crippen LogP contribution < -0.4 is 5.73 Å². The van der Waals surface area contributed by atoms with Gasteiger partial charge in [0.05, 0.1) is 11.6 Å². The molecule has 0 saturated carbocycles. The molecule has 2 rings (SSSR count). The summed E-state index contributed by atoms with van der Waals surface area (Å²) in [5.41, 5.74) is 7.83. The zero-order valence-corrected chi connectivity index (χ0v) is 10.4. The lowest BCUT2D eigenvalue weighted by atomic mass is 10.1.